The summed E-state index contributed by atoms with van der Waals surface area (Å²) >= 11 is 0. The third-order valence-electron chi connectivity index (χ3n) is 2.76. The van der Waals surface area contributed by atoms with Crippen LogP contribution >= 0.6 is 0 Å². The molecule has 4 nitrogen and oxygen atoms in total. The lowest BCUT2D eigenvalue weighted by Gasteiger charge is -2.19. The molecule has 0 aliphatic rings. The van der Waals surface area contributed by atoms with Crippen molar-refractivity contribution < 1.29 is 14.3 Å². The van der Waals surface area contributed by atoms with Crippen molar-refractivity contribution in [1.29, 1.82) is 0 Å². The average molecular weight is 251 g/mol. The molecule has 0 saturated heterocycles. The van der Waals surface area contributed by atoms with Gasteiger partial charge >= 0.3 is 0 Å². The number of para-hydroxylation sites is 1. The van der Waals surface area contributed by atoms with E-state index < -0.39 is 0 Å². The van der Waals surface area contributed by atoms with Crippen LogP contribution in [0.25, 0.3) is 0 Å². The summed E-state index contributed by atoms with van der Waals surface area (Å²) in [4.78, 5) is 11.6. The molecular weight excluding hydrogens is 230 g/mol. The second kappa shape index (κ2) is 7.01. The SMILES string of the molecule is COc1ccccc1C(CNC(=O)C(C)C)OC. The molecule has 18 heavy (non-hydrogen) atoms. The number of carbonyl (C=O) groups excluding carboxylic acids is 1. The maximum atomic E-state index is 11.6. The van der Waals surface area contributed by atoms with Crippen LogP contribution < -0.4 is 10.1 Å². The predicted molar refractivity (Wildman–Crippen MR) is 70.6 cm³/mol. The first kappa shape index (κ1) is 14.5. The number of carbonyl (C=O) groups is 1. The molecule has 1 unspecified atom stereocenters. The summed E-state index contributed by atoms with van der Waals surface area (Å²) in [6.45, 7) is 4.16. The zero-order valence-corrected chi connectivity index (χ0v) is 11.4. The van der Waals surface area contributed by atoms with Crippen molar-refractivity contribution in [2.24, 2.45) is 5.92 Å². The Morgan fingerprint density at radius 3 is 2.50 bits per heavy atom. The fourth-order valence-corrected chi connectivity index (χ4v) is 1.65. The number of benzene rings is 1. The quantitative estimate of drug-likeness (QED) is 0.842. The van der Waals surface area contributed by atoms with E-state index >= 15 is 0 Å². The van der Waals surface area contributed by atoms with Crippen LogP contribution in [0.4, 0.5) is 0 Å². The van der Waals surface area contributed by atoms with Crippen LogP contribution in [0.15, 0.2) is 24.3 Å². The summed E-state index contributed by atoms with van der Waals surface area (Å²) in [7, 11) is 3.25. The van der Waals surface area contributed by atoms with Gasteiger partial charge in [0.25, 0.3) is 0 Å². The Bertz CT molecular complexity index is 390. The first-order valence-electron chi connectivity index (χ1n) is 6.03. The van der Waals surface area contributed by atoms with Crippen molar-refractivity contribution in [2.45, 2.75) is 20.0 Å². The van der Waals surface area contributed by atoms with E-state index in [-0.39, 0.29) is 17.9 Å². The molecule has 0 aromatic heterocycles. The van der Waals surface area contributed by atoms with E-state index in [0.29, 0.717) is 6.54 Å². The molecule has 1 aromatic carbocycles. The fraction of sp³-hybridized carbons (Fsp3) is 0.500. The molecule has 0 saturated carbocycles. The minimum atomic E-state index is -0.205. The zero-order chi connectivity index (χ0) is 13.5. The molecule has 1 N–H and O–H groups in total. The second-order valence-corrected chi connectivity index (χ2v) is 4.37. The van der Waals surface area contributed by atoms with E-state index in [1.54, 1.807) is 14.2 Å². The number of nitrogens with one attached hydrogen (secondary N) is 1. The Kier molecular flexibility index (Phi) is 5.65. The number of amides is 1. The monoisotopic (exact) mass is 251 g/mol. The highest BCUT2D eigenvalue weighted by molar-refractivity contribution is 5.77. The van der Waals surface area contributed by atoms with Crippen molar-refractivity contribution in [3.05, 3.63) is 29.8 Å². The molecule has 0 aliphatic heterocycles. The molecule has 0 heterocycles. The molecule has 0 aliphatic carbocycles. The molecule has 1 atom stereocenters. The Balaban J connectivity index is 2.74. The van der Waals surface area contributed by atoms with Crippen LogP contribution in [0, 0.1) is 5.92 Å². The van der Waals surface area contributed by atoms with E-state index in [0.717, 1.165) is 11.3 Å². The lowest BCUT2D eigenvalue weighted by Crippen LogP contribution is -2.32. The van der Waals surface area contributed by atoms with E-state index in [4.69, 9.17) is 9.47 Å². The molecule has 0 bridgehead atoms. The lowest BCUT2D eigenvalue weighted by molar-refractivity contribution is -0.124. The predicted octanol–water partition coefficient (Wildman–Crippen LogP) is 2.15. The van der Waals surface area contributed by atoms with Crippen molar-refractivity contribution >= 4 is 5.91 Å². The average Bonchev–Trinajstić information content (AvgIpc) is 2.39. The minimum absolute atomic E-state index is 0.0203. The van der Waals surface area contributed by atoms with Gasteiger partial charge in [-0.2, -0.15) is 0 Å². The molecule has 1 rings (SSSR count). The summed E-state index contributed by atoms with van der Waals surface area (Å²) < 4.78 is 10.7. The molecular formula is C14H21NO3. The zero-order valence-electron chi connectivity index (χ0n) is 11.4. The van der Waals surface area contributed by atoms with Crippen LogP contribution in [0.2, 0.25) is 0 Å². The van der Waals surface area contributed by atoms with Gasteiger partial charge in [-0.3, -0.25) is 4.79 Å². The maximum Gasteiger partial charge on any atom is 0.222 e. The smallest absolute Gasteiger partial charge is 0.222 e. The van der Waals surface area contributed by atoms with Gasteiger partial charge in [-0.25, -0.2) is 0 Å². The summed E-state index contributed by atoms with van der Waals surface area (Å²) in [5, 5.41) is 2.86. The third kappa shape index (κ3) is 3.74. The van der Waals surface area contributed by atoms with Gasteiger partial charge in [0.15, 0.2) is 0 Å². The van der Waals surface area contributed by atoms with Crippen molar-refractivity contribution in [1.82, 2.24) is 5.32 Å². The molecule has 1 aromatic rings. The van der Waals surface area contributed by atoms with Gasteiger partial charge in [-0.1, -0.05) is 32.0 Å². The number of hydrogen-bond acceptors (Lipinski definition) is 3. The highest BCUT2D eigenvalue weighted by Crippen LogP contribution is 2.26. The Morgan fingerprint density at radius 2 is 1.94 bits per heavy atom. The molecule has 100 valence electrons. The van der Waals surface area contributed by atoms with Gasteiger partial charge in [0.05, 0.1) is 7.11 Å². The second-order valence-electron chi connectivity index (χ2n) is 4.37. The van der Waals surface area contributed by atoms with Gasteiger partial charge in [0.1, 0.15) is 11.9 Å². The van der Waals surface area contributed by atoms with E-state index in [1.807, 2.05) is 38.1 Å². The van der Waals surface area contributed by atoms with Crippen LogP contribution in [0.5, 0.6) is 5.75 Å². The van der Waals surface area contributed by atoms with E-state index in [1.165, 1.54) is 0 Å². The standard InChI is InChI=1S/C14H21NO3/c1-10(2)14(16)15-9-13(18-4)11-7-5-6-8-12(11)17-3/h5-8,10,13H,9H2,1-4H3,(H,15,16). The molecule has 1 amide bonds. The highest BCUT2D eigenvalue weighted by atomic mass is 16.5. The Hall–Kier alpha value is -1.55. The van der Waals surface area contributed by atoms with Gasteiger partial charge < -0.3 is 14.8 Å². The van der Waals surface area contributed by atoms with Crippen molar-refractivity contribution in [2.75, 3.05) is 20.8 Å². The van der Waals surface area contributed by atoms with E-state index in [9.17, 15) is 4.79 Å². The number of hydrogen-bond donors (Lipinski definition) is 1. The molecule has 0 fully saturated rings. The van der Waals surface area contributed by atoms with E-state index in [2.05, 4.69) is 5.32 Å². The van der Waals surface area contributed by atoms with Crippen LogP contribution in [0.3, 0.4) is 0 Å². The van der Waals surface area contributed by atoms with Crippen molar-refractivity contribution in [3.63, 3.8) is 0 Å². The molecule has 0 spiro atoms. The summed E-state index contributed by atoms with van der Waals surface area (Å²) in [5.74, 6) is 0.760. The lowest BCUT2D eigenvalue weighted by atomic mass is 10.1. The summed E-state index contributed by atoms with van der Waals surface area (Å²) in [6.07, 6.45) is -0.205. The first-order chi connectivity index (χ1) is 8.60. The minimum Gasteiger partial charge on any atom is -0.496 e. The maximum absolute atomic E-state index is 11.6. The fourth-order valence-electron chi connectivity index (χ4n) is 1.65. The number of rotatable bonds is 6. The highest BCUT2D eigenvalue weighted by Gasteiger charge is 2.16. The van der Waals surface area contributed by atoms with Crippen molar-refractivity contribution in [3.8, 4) is 5.75 Å². The summed E-state index contributed by atoms with van der Waals surface area (Å²) in [5.41, 5.74) is 0.937. The van der Waals surface area contributed by atoms with Crippen LogP contribution in [-0.4, -0.2) is 26.7 Å². The number of ether oxygens (including phenoxy) is 2. The van der Waals surface area contributed by atoms with Gasteiger partial charge in [0, 0.05) is 25.1 Å². The van der Waals surface area contributed by atoms with Crippen LogP contribution in [0.1, 0.15) is 25.5 Å². The largest absolute Gasteiger partial charge is 0.496 e. The third-order valence-corrected chi connectivity index (χ3v) is 2.76. The number of methoxy groups -OCH3 is 2. The summed E-state index contributed by atoms with van der Waals surface area (Å²) in [6, 6.07) is 7.65. The normalized spacial score (nSPS) is 12.3. The topological polar surface area (TPSA) is 47.6 Å². The van der Waals surface area contributed by atoms with Gasteiger partial charge in [-0.15, -0.1) is 0 Å². The van der Waals surface area contributed by atoms with Gasteiger partial charge in [0.2, 0.25) is 5.91 Å². The van der Waals surface area contributed by atoms with Crippen LogP contribution in [-0.2, 0) is 9.53 Å². The molecule has 0 radical (unpaired) electrons. The first-order valence-corrected chi connectivity index (χ1v) is 6.03. The Labute approximate surface area is 108 Å². The Morgan fingerprint density at radius 1 is 1.28 bits per heavy atom. The van der Waals surface area contributed by atoms with Gasteiger partial charge in [-0.05, 0) is 6.07 Å². The molecule has 4 heteroatoms.